The fourth-order valence-corrected chi connectivity index (χ4v) is 1.30. The Kier molecular flexibility index (Phi) is 1.74. The van der Waals surface area contributed by atoms with E-state index in [9.17, 15) is 4.79 Å². The molecule has 2 unspecified atom stereocenters. The predicted molar refractivity (Wildman–Crippen MR) is 35.4 cm³/mol. The second kappa shape index (κ2) is 2.38. The molecule has 2 nitrogen and oxygen atoms in total. The Labute approximate surface area is 55.8 Å². The number of rotatable bonds is 1. The molecule has 1 amide bonds. The number of carbonyl (C=O) groups is 1. The molecule has 0 bridgehead atoms. The van der Waals surface area contributed by atoms with E-state index in [2.05, 4.69) is 13.8 Å². The van der Waals surface area contributed by atoms with Crippen LogP contribution in [-0.2, 0) is 4.79 Å². The molecule has 1 radical (unpaired) electrons. The smallest absolute Gasteiger partial charge is 0.210 e. The van der Waals surface area contributed by atoms with E-state index in [1.807, 2.05) is 6.54 Å². The number of likely N-dealkylation sites (tertiary alicyclic amines) is 1. The zero-order chi connectivity index (χ0) is 6.85. The second-order valence-electron chi connectivity index (χ2n) is 2.76. The summed E-state index contributed by atoms with van der Waals surface area (Å²) in [5.74, 6) is 0.574. The van der Waals surface area contributed by atoms with Gasteiger partial charge in [-0.05, 0) is 19.3 Å². The molecule has 0 spiro atoms. The predicted octanol–water partition coefficient (Wildman–Crippen LogP) is 1.03. The molecule has 1 heterocycles. The summed E-state index contributed by atoms with van der Waals surface area (Å²) in [6.07, 6.45) is 2.01. The summed E-state index contributed by atoms with van der Waals surface area (Å²) in [7, 11) is 0. The van der Waals surface area contributed by atoms with Gasteiger partial charge in [0.1, 0.15) is 0 Å². The van der Waals surface area contributed by atoms with Gasteiger partial charge in [0.25, 0.3) is 0 Å². The van der Waals surface area contributed by atoms with Crippen LogP contribution in [0.1, 0.15) is 20.3 Å². The molecule has 51 valence electrons. The zero-order valence-corrected chi connectivity index (χ0v) is 5.87. The first-order valence-electron chi connectivity index (χ1n) is 3.31. The van der Waals surface area contributed by atoms with Crippen LogP contribution in [0.2, 0.25) is 0 Å². The van der Waals surface area contributed by atoms with E-state index in [1.165, 1.54) is 0 Å². The maximum absolute atomic E-state index is 10.3. The standard InChI is InChI=1S/C7H12NO/c1-6-3-7(2)8(4-6)5-9/h4-7H,3H2,1-2H3. The highest BCUT2D eigenvalue weighted by molar-refractivity contribution is 5.49. The summed E-state index contributed by atoms with van der Waals surface area (Å²) in [6.45, 7) is 6.17. The maximum Gasteiger partial charge on any atom is 0.210 e. The van der Waals surface area contributed by atoms with Crippen molar-refractivity contribution in [3.63, 3.8) is 0 Å². The third-order valence-corrected chi connectivity index (χ3v) is 1.77. The Hall–Kier alpha value is -0.530. The Morgan fingerprint density at radius 3 is 2.56 bits per heavy atom. The lowest BCUT2D eigenvalue weighted by Crippen LogP contribution is -2.21. The molecule has 0 aromatic rings. The number of carbonyl (C=O) groups excluding carboxylic acids is 1. The molecule has 2 atom stereocenters. The van der Waals surface area contributed by atoms with Gasteiger partial charge in [0, 0.05) is 6.04 Å². The molecule has 1 aliphatic heterocycles. The average molecular weight is 126 g/mol. The first-order chi connectivity index (χ1) is 4.24. The number of amides is 1. The Morgan fingerprint density at radius 2 is 2.33 bits per heavy atom. The zero-order valence-electron chi connectivity index (χ0n) is 5.87. The quantitative estimate of drug-likeness (QED) is 0.481. The highest BCUT2D eigenvalue weighted by atomic mass is 16.1. The summed E-state index contributed by atoms with van der Waals surface area (Å²) in [4.78, 5) is 12.0. The highest BCUT2D eigenvalue weighted by Crippen LogP contribution is 2.23. The van der Waals surface area contributed by atoms with E-state index >= 15 is 0 Å². The van der Waals surface area contributed by atoms with Gasteiger partial charge in [0.15, 0.2) is 0 Å². The van der Waals surface area contributed by atoms with Crippen molar-refractivity contribution < 1.29 is 4.79 Å². The summed E-state index contributed by atoms with van der Waals surface area (Å²) in [5.41, 5.74) is 0. The van der Waals surface area contributed by atoms with E-state index in [0.717, 1.165) is 12.8 Å². The van der Waals surface area contributed by atoms with Crippen molar-refractivity contribution in [3.05, 3.63) is 6.54 Å². The Morgan fingerprint density at radius 1 is 1.67 bits per heavy atom. The molecule has 0 aliphatic carbocycles. The molecule has 0 aromatic heterocycles. The van der Waals surface area contributed by atoms with E-state index in [4.69, 9.17) is 0 Å². The molecule has 1 saturated heterocycles. The van der Waals surface area contributed by atoms with Crippen molar-refractivity contribution in [2.24, 2.45) is 5.92 Å². The van der Waals surface area contributed by atoms with Crippen LogP contribution in [0.25, 0.3) is 0 Å². The van der Waals surface area contributed by atoms with Gasteiger partial charge >= 0.3 is 0 Å². The minimum absolute atomic E-state index is 0.414. The molecule has 0 N–H and O–H groups in total. The lowest BCUT2D eigenvalue weighted by Gasteiger charge is -2.12. The minimum atomic E-state index is 0.414. The van der Waals surface area contributed by atoms with Crippen LogP contribution in [0.5, 0.6) is 0 Å². The number of nitrogens with zero attached hydrogens (tertiary/aromatic N) is 1. The van der Waals surface area contributed by atoms with Gasteiger partial charge in [-0.15, -0.1) is 0 Å². The van der Waals surface area contributed by atoms with Crippen molar-refractivity contribution in [1.29, 1.82) is 0 Å². The first kappa shape index (κ1) is 6.59. The van der Waals surface area contributed by atoms with Crippen LogP contribution in [-0.4, -0.2) is 17.4 Å². The molecular weight excluding hydrogens is 114 g/mol. The SMILES string of the molecule is CC1[CH]N(C=O)C(C)C1. The van der Waals surface area contributed by atoms with Gasteiger partial charge in [-0.2, -0.15) is 0 Å². The largest absolute Gasteiger partial charge is 0.337 e. The van der Waals surface area contributed by atoms with Crippen molar-refractivity contribution in [1.82, 2.24) is 4.90 Å². The van der Waals surface area contributed by atoms with Crippen LogP contribution >= 0.6 is 0 Å². The summed E-state index contributed by atoms with van der Waals surface area (Å²) < 4.78 is 0. The molecule has 1 fully saturated rings. The van der Waals surface area contributed by atoms with Gasteiger partial charge in [-0.25, -0.2) is 0 Å². The maximum atomic E-state index is 10.3. The lowest BCUT2D eigenvalue weighted by atomic mass is 10.1. The average Bonchev–Trinajstić information content (AvgIpc) is 2.10. The molecule has 1 rings (SSSR count). The van der Waals surface area contributed by atoms with Crippen LogP contribution in [0.3, 0.4) is 0 Å². The fraction of sp³-hybridized carbons (Fsp3) is 0.714. The third-order valence-electron chi connectivity index (χ3n) is 1.77. The molecule has 0 saturated carbocycles. The van der Waals surface area contributed by atoms with Gasteiger partial charge in [-0.3, -0.25) is 4.79 Å². The normalized spacial score (nSPS) is 35.1. The number of hydrogen-bond acceptors (Lipinski definition) is 1. The van der Waals surface area contributed by atoms with Crippen molar-refractivity contribution >= 4 is 6.41 Å². The van der Waals surface area contributed by atoms with Crippen LogP contribution < -0.4 is 0 Å². The summed E-state index contributed by atoms with van der Waals surface area (Å²) in [5, 5.41) is 0. The van der Waals surface area contributed by atoms with E-state index in [1.54, 1.807) is 4.90 Å². The lowest BCUT2D eigenvalue weighted by molar-refractivity contribution is -0.117. The monoisotopic (exact) mass is 126 g/mol. The molecule has 9 heavy (non-hydrogen) atoms. The molecule has 1 aliphatic rings. The Balaban J connectivity index is 2.47. The van der Waals surface area contributed by atoms with Gasteiger partial charge in [0.2, 0.25) is 6.41 Å². The van der Waals surface area contributed by atoms with Gasteiger partial charge < -0.3 is 4.90 Å². The van der Waals surface area contributed by atoms with Crippen LogP contribution in [0.15, 0.2) is 0 Å². The van der Waals surface area contributed by atoms with Gasteiger partial charge in [-0.1, -0.05) is 6.92 Å². The van der Waals surface area contributed by atoms with Crippen LogP contribution in [0, 0.1) is 12.5 Å². The van der Waals surface area contributed by atoms with Crippen molar-refractivity contribution in [2.75, 3.05) is 0 Å². The topological polar surface area (TPSA) is 20.3 Å². The summed E-state index contributed by atoms with van der Waals surface area (Å²) in [6, 6.07) is 0.414. The second-order valence-corrected chi connectivity index (χ2v) is 2.76. The van der Waals surface area contributed by atoms with Gasteiger partial charge in [0.05, 0.1) is 6.54 Å². The van der Waals surface area contributed by atoms with Crippen molar-refractivity contribution in [2.45, 2.75) is 26.3 Å². The fourth-order valence-electron chi connectivity index (χ4n) is 1.30. The highest BCUT2D eigenvalue weighted by Gasteiger charge is 2.24. The molecular formula is C7H12NO. The first-order valence-corrected chi connectivity index (χ1v) is 3.31. The van der Waals surface area contributed by atoms with E-state index in [-0.39, 0.29) is 0 Å². The molecule has 0 aromatic carbocycles. The molecule has 2 heteroatoms. The third kappa shape index (κ3) is 1.23. The van der Waals surface area contributed by atoms with Crippen LogP contribution in [0.4, 0.5) is 0 Å². The summed E-state index contributed by atoms with van der Waals surface area (Å²) >= 11 is 0. The number of hydrogen-bond donors (Lipinski definition) is 0. The minimum Gasteiger partial charge on any atom is -0.337 e. The van der Waals surface area contributed by atoms with E-state index in [0.29, 0.717) is 12.0 Å². The van der Waals surface area contributed by atoms with Crippen molar-refractivity contribution in [3.8, 4) is 0 Å². The van der Waals surface area contributed by atoms with E-state index < -0.39 is 0 Å². The Bertz CT molecular complexity index is 113.